The van der Waals surface area contributed by atoms with E-state index in [1.54, 1.807) is 44.2 Å². The van der Waals surface area contributed by atoms with Gasteiger partial charge in [-0.25, -0.2) is 0 Å². The smallest absolute Gasteiger partial charge is 0.305 e. The first-order chi connectivity index (χ1) is 18.2. The summed E-state index contributed by atoms with van der Waals surface area (Å²) in [6.45, 7) is 3.21. The minimum Gasteiger partial charge on any atom is -0.481 e. The van der Waals surface area contributed by atoms with Crippen LogP contribution in [0.3, 0.4) is 0 Å². The summed E-state index contributed by atoms with van der Waals surface area (Å²) >= 11 is 0. The molecule has 0 bridgehead atoms. The summed E-state index contributed by atoms with van der Waals surface area (Å²) in [4.78, 5) is 62.4. The zero-order valence-electron chi connectivity index (χ0n) is 21.3. The van der Waals surface area contributed by atoms with Crippen molar-refractivity contribution in [1.82, 2.24) is 10.6 Å². The van der Waals surface area contributed by atoms with Gasteiger partial charge in [-0.3, -0.25) is 19.2 Å². The molecule has 0 radical (unpaired) electrons. The van der Waals surface area contributed by atoms with Crippen molar-refractivity contribution < 1.29 is 38.6 Å². The summed E-state index contributed by atoms with van der Waals surface area (Å²) in [6.07, 6.45) is 0.582. The maximum atomic E-state index is 13.6. The van der Waals surface area contributed by atoms with Gasteiger partial charge in [0.25, 0.3) is 0 Å². The van der Waals surface area contributed by atoms with Gasteiger partial charge in [0.15, 0.2) is 11.5 Å². The number of rotatable bonds is 13. The maximum absolute atomic E-state index is 13.6. The number of nitrogens with zero attached hydrogens (tertiary/aromatic N) is 1. The number of benzene rings is 2. The van der Waals surface area contributed by atoms with Gasteiger partial charge in [0.2, 0.25) is 24.5 Å². The quantitative estimate of drug-likeness (QED) is 0.335. The van der Waals surface area contributed by atoms with Crippen LogP contribution in [0.15, 0.2) is 42.5 Å². The minimum absolute atomic E-state index is 0.129. The molecule has 202 valence electrons. The number of hydrogen-bond acceptors (Lipinski definition) is 7. The van der Waals surface area contributed by atoms with E-state index in [-0.39, 0.29) is 25.5 Å². The number of hydrogen-bond donors (Lipinski definition) is 3. The second-order valence-corrected chi connectivity index (χ2v) is 8.83. The second kappa shape index (κ2) is 13.2. The summed E-state index contributed by atoms with van der Waals surface area (Å²) in [5.74, 6) is -1.52. The van der Waals surface area contributed by atoms with Crippen LogP contribution in [0.5, 0.6) is 11.5 Å². The van der Waals surface area contributed by atoms with E-state index >= 15 is 0 Å². The molecular formula is C27H31N3O8. The largest absolute Gasteiger partial charge is 0.481 e. The van der Waals surface area contributed by atoms with Crippen LogP contribution in [0, 0.1) is 6.92 Å². The number of carboxylic acids is 1. The molecule has 38 heavy (non-hydrogen) atoms. The van der Waals surface area contributed by atoms with Gasteiger partial charge in [-0.05, 0) is 49.1 Å². The van der Waals surface area contributed by atoms with Crippen molar-refractivity contribution in [2.24, 2.45) is 0 Å². The van der Waals surface area contributed by atoms with Crippen molar-refractivity contribution in [3.05, 3.63) is 53.6 Å². The Morgan fingerprint density at radius 1 is 1.05 bits per heavy atom. The first-order valence-corrected chi connectivity index (χ1v) is 12.2. The number of ether oxygens (including phenoxy) is 2. The highest BCUT2D eigenvalue weighted by molar-refractivity contribution is 6.03. The normalized spacial score (nSPS) is 13.2. The summed E-state index contributed by atoms with van der Waals surface area (Å²) in [7, 11) is 0. The predicted octanol–water partition coefficient (Wildman–Crippen LogP) is 1.74. The number of fused-ring (bicyclic) bond motifs is 1. The molecule has 11 nitrogen and oxygen atoms in total. The Bertz CT molecular complexity index is 1200. The van der Waals surface area contributed by atoms with Crippen LogP contribution in [0.2, 0.25) is 0 Å². The van der Waals surface area contributed by atoms with Crippen LogP contribution < -0.4 is 25.0 Å². The topological polar surface area (TPSA) is 151 Å². The van der Waals surface area contributed by atoms with E-state index in [0.717, 1.165) is 11.1 Å². The lowest BCUT2D eigenvalue weighted by atomic mass is 10.1. The fourth-order valence-corrected chi connectivity index (χ4v) is 4.01. The van der Waals surface area contributed by atoms with E-state index in [2.05, 4.69) is 10.6 Å². The van der Waals surface area contributed by atoms with Crippen LogP contribution in [-0.4, -0.2) is 60.5 Å². The molecule has 2 aromatic carbocycles. The zero-order chi connectivity index (χ0) is 27.7. The highest BCUT2D eigenvalue weighted by Crippen LogP contribution is 2.32. The van der Waals surface area contributed by atoms with Crippen molar-refractivity contribution in [3.8, 4) is 11.5 Å². The highest BCUT2D eigenvalue weighted by Gasteiger charge is 2.29. The lowest BCUT2D eigenvalue weighted by Crippen LogP contribution is -2.52. The Labute approximate surface area is 220 Å². The van der Waals surface area contributed by atoms with Gasteiger partial charge in [0.05, 0.1) is 12.5 Å². The molecule has 3 rings (SSSR count). The lowest BCUT2D eigenvalue weighted by Gasteiger charge is -2.28. The average molecular weight is 526 g/mol. The number of carbonyl (C=O) groups is 5. The van der Waals surface area contributed by atoms with Crippen LogP contribution >= 0.6 is 0 Å². The Hall–Kier alpha value is -4.41. The highest BCUT2D eigenvalue weighted by atomic mass is 16.7. The Balaban J connectivity index is 1.69. The summed E-state index contributed by atoms with van der Waals surface area (Å²) in [5.41, 5.74) is 2.06. The zero-order valence-corrected chi connectivity index (χ0v) is 21.3. The van der Waals surface area contributed by atoms with E-state index in [1.165, 1.54) is 4.90 Å². The van der Waals surface area contributed by atoms with Gasteiger partial charge in [-0.15, -0.1) is 0 Å². The Morgan fingerprint density at radius 3 is 2.47 bits per heavy atom. The van der Waals surface area contributed by atoms with E-state index in [1.807, 2.05) is 12.1 Å². The van der Waals surface area contributed by atoms with Crippen LogP contribution in [0.25, 0.3) is 0 Å². The standard InChI is InChI=1S/C27H31N3O8/c1-3-20(29-24(32)11-9-18-8-10-22-23(12-18)38-16-37-22)27(36)30(21-7-5-4-6-17(21)2)14-25(33)28-19(15-31)13-26(34)35/h4-8,10,12,15,19-20H,3,9,11,13-14,16H2,1-2H3,(H,28,33)(H,29,32)(H,34,35). The third-order valence-corrected chi connectivity index (χ3v) is 6.00. The summed E-state index contributed by atoms with van der Waals surface area (Å²) < 4.78 is 10.7. The number of nitrogens with one attached hydrogen (secondary N) is 2. The van der Waals surface area contributed by atoms with Crippen LogP contribution in [0.4, 0.5) is 5.69 Å². The monoisotopic (exact) mass is 525 g/mol. The molecule has 2 aromatic rings. The number of para-hydroxylation sites is 1. The van der Waals surface area contributed by atoms with E-state index < -0.39 is 42.8 Å². The number of amides is 3. The molecule has 1 heterocycles. The van der Waals surface area contributed by atoms with E-state index in [0.29, 0.717) is 29.9 Å². The van der Waals surface area contributed by atoms with Crippen molar-refractivity contribution in [2.45, 2.75) is 51.6 Å². The van der Waals surface area contributed by atoms with Crippen molar-refractivity contribution >= 4 is 35.7 Å². The lowest BCUT2D eigenvalue weighted by molar-refractivity contribution is -0.138. The summed E-state index contributed by atoms with van der Waals surface area (Å²) in [6, 6.07) is 10.2. The van der Waals surface area contributed by atoms with Gasteiger partial charge < -0.3 is 34.9 Å². The molecule has 1 aliphatic heterocycles. The fraction of sp³-hybridized carbons (Fsp3) is 0.370. The van der Waals surface area contributed by atoms with Gasteiger partial charge in [-0.2, -0.15) is 0 Å². The molecule has 11 heteroatoms. The second-order valence-electron chi connectivity index (χ2n) is 8.83. The Kier molecular flexibility index (Phi) is 9.80. The molecule has 2 atom stereocenters. The minimum atomic E-state index is -1.25. The van der Waals surface area contributed by atoms with Crippen molar-refractivity contribution in [3.63, 3.8) is 0 Å². The number of aldehydes is 1. The molecule has 0 aliphatic carbocycles. The number of carboxylic acid groups (broad SMARTS) is 1. The van der Waals surface area contributed by atoms with Gasteiger partial charge in [0.1, 0.15) is 18.9 Å². The molecule has 0 fully saturated rings. The van der Waals surface area contributed by atoms with Crippen LogP contribution in [-0.2, 0) is 30.4 Å². The maximum Gasteiger partial charge on any atom is 0.305 e. The molecule has 1 aliphatic rings. The Morgan fingerprint density at radius 2 is 1.79 bits per heavy atom. The first kappa shape index (κ1) is 28.2. The molecule has 0 aromatic heterocycles. The molecule has 0 saturated heterocycles. The van der Waals surface area contributed by atoms with Gasteiger partial charge >= 0.3 is 5.97 Å². The summed E-state index contributed by atoms with van der Waals surface area (Å²) in [5, 5.41) is 14.0. The predicted molar refractivity (Wildman–Crippen MR) is 137 cm³/mol. The van der Waals surface area contributed by atoms with E-state index in [9.17, 15) is 24.0 Å². The molecule has 2 unspecified atom stereocenters. The molecule has 3 amide bonds. The number of aliphatic carboxylic acids is 1. The molecule has 3 N–H and O–H groups in total. The average Bonchev–Trinajstić information content (AvgIpc) is 3.36. The third-order valence-electron chi connectivity index (χ3n) is 6.00. The number of aryl methyl sites for hydroxylation is 2. The van der Waals surface area contributed by atoms with Gasteiger partial charge in [-0.1, -0.05) is 31.2 Å². The first-order valence-electron chi connectivity index (χ1n) is 12.2. The van der Waals surface area contributed by atoms with Crippen molar-refractivity contribution in [1.29, 1.82) is 0 Å². The number of carbonyl (C=O) groups excluding carboxylic acids is 4. The van der Waals surface area contributed by atoms with Crippen LogP contribution in [0.1, 0.15) is 37.3 Å². The molecular weight excluding hydrogens is 494 g/mol. The van der Waals surface area contributed by atoms with Gasteiger partial charge in [0, 0.05) is 12.1 Å². The number of anilines is 1. The van der Waals surface area contributed by atoms with E-state index in [4.69, 9.17) is 14.6 Å². The fourth-order valence-electron chi connectivity index (χ4n) is 4.01. The van der Waals surface area contributed by atoms with Crippen molar-refractivity contribution in [2.75, 3.05) is 18.2 Å². The SMILES string of the molecule is CCC(NC(=O)CCc1ccc2c(c1)OCO2)C(=O)N(CC(=O)NC(C=O)CC(=O)O)c1ccccc1C. The molecule has 0 spiro atoms. The third kappa shape index (κ3) is 7.55. The molecule has 0 saturated carbocycles.